The van der Waals surface area contributed by atoms with Crippen LogP contribution in [0.5, 0.6) is 0 Å². The van der Waals surface area contributed by atoms with Gasteiger partial charge in [-0.05, 0) is 12.5 Å². The highest BCUT2D eigenvalue weighted by Crippen LogP contribution is 2.32. The molecule has 20 heavy (non-hydrogen) atoms. The highest BCUT2D eigenvalue weighted by molar-refractivity contribution is 7.91. The third kappa shape index (κ3) is 2.02. The lowest BCUT2D eigenvalue weighted by Gasteiger charge is -2.12. The Kier molecular flexibility index (Phi) is 3.08. The summed E-state index contributed by atoms with van der Waals surface area (Å²) in [6, 6.07) is 6.21. The molecule has 0 radical (unpaired) electrons. The number of halogens is 1. The summed E-state index contributed by atoms with van der Waals surface area (Å²) in [6.45, 7) is 1.55. The standard InChI is InChI=1S/C13H14FN3O2S/c1-2-20(18,19)13-15-12-8-7-11(17(12)16-13)9-5-3-4-6-10(9)14/h3-6,11H,2,7-8H2,1H3. The maximum Gasteiger partial charge on any atom is 0.267 e. The number of benzene rings is 1. The topological polar surface area (TPSA) is 64.8 Å². The Morgan fingerprint density at radius 1 is 1.40 bits per heavy atom. The molecule has 1 atom stereocenters. The summed E-state index contributed by atoms with van der Waals surface area (Å²) >= 11 is 0. The van der Waals surface area contributed by atoms with E-state index >= 15 is 0 Å². The van der Waals surface area contributed by atoms with E-state index in [1.807, 2.05) is 0 Å². The van der Waals surface area contributed by atoms with Crippen LogP contribution >= 0.6 is 0 Å². The average molecular weight is 295 g/mol. The van der Waals surface area contributed by atoms with E-state index in [0.29, 0.717) is 24.2 Å². The van der Waals surface area contributed by atoms with Gasteiger partial charge in [0.25, 0.3) is 5.16 Å². The molecule has 0 saturated carbocycles. The summed E-state index contributed by atoms with van der Waals surface area (Å²) in [5.74, 6) is 0.256. The van der Waals surface area contributed by atoms with Crippen LogP contribution in [0.4, 0.5) is 4.39 Å². The molecule has 1 unspecified atom stereocenters. The fourth-order valence-electron chi connectivity index (χ4n) is 2.44. The van der Waals surface area contributed by atoms with Crippen LogP contribution in [0, 0.1) is 5.82 Å². The van der Waals surface area contributed by atoms with Crippen molar-refractivity contribution < 1.29 is 12.8 Å². The first-order valence-corrected chi connectivity index (χ1v) is 8.10. The molecule has 0 spiro atoms. The number of aryl methyl sites for hydroxylation is 1. The van der Waals surface area contributed by atoms with E-state index in [-0.39, 0.29) is 22.8 Å². The summed E-state index contributed by atoms with van der Waals surface area (Å²) in [4.78, 5) is 4.08. The van der Waals surface area contributed by atoms with Crippen LogP contribution in [0.1, 0.15) is 30.8 Å². The molecule has 3 rings (SSSR count). The molecule has 0 fully saturated rings. The van der Waals surface area contributed by atoms with Crippen molar-refractivity contribution in [1.82, 2.24) is 14.8 Å². The molecule has 106 valence electrons. The highest BCUT2D eigenvalue weighted by atomic mass is 32.2. The van der Waals surface area contributed by atoms with Crippen LogP contribution in [0.25, 0.3) is 0 Å². The lowest BCUT2D eigenvalue weighted by molar-refractivity contribution is 0.502. The van der Waals surface area contributed by atoms with E-state index < -0.39 is 9.84 Å². The quantitative estimate of drug-likeness (QED) is 0.865. The number of fused-ring (bicyclic) bond motifs is 1. The molecule has 1 aromatic heterocycles. The minimum Gasteiger partial charge on any atom is -0.241 e. The van der Waals surface area contributed by atoms with E-state index in [1.54, 1.807) is 29.8 Å². The smallest absolute Gasteiger partial charge is 0.241 e. The van der Waals surface area contributed by atoms with Gasteiger partial charge in [0.15, 0.2) is 0 Å². The summed E-state index contributed by atoms with van der Waals surface area (Å²) in [6.07, 6.45) is 1.29. The molecule has 5 nitrogen and oxygen atoms in total. The molecule has 0 bridgehead atoms. The lowest BCUT2D eigenvalue weighted by Crippen LogP contribution is -2.12. The molecule has 0 N–H and O–H groups in total. The number of nitrogens with zero attached hydrogens (tertiary/aromatic N) is 3. The zero-order valence-electron chi connectivity index (χ0n) is 11.0. The molecule has 1 aliphatic rings. The van der Waals surface area contributed by atoms with Crippen molar-refractivity contribution in [3.63, 3.8) is 0 Å². The Morgan fingerprint density at radius 2 is 2.15 bits per heavy atom. The first-order chi connectivity index (χ1) is 9.53. The summed E-state index contributed by atoms with van der Waals surface area (Å²) in [5, 5.41) is 3.93. The van der Waals surface area contributed by atoms with Gasteiger partial charge >= 0.3 is 0 Å². The van der Waals surface area contributed by atoms with E-state index in [1.165, 1.54) is 6.07 Å². The summed E-state index contributed by atoms with van der Waals surface area (Å²) in [5.41, 5.74) is 0.525. The zero-order chi connectivity index (χ0) is 14.3. The lowest BCUT2D eigenvalue weighted by atomic mass is 10.0. The van der Waals surface area contributed by atoms with E-state index in [4.69, 9.17) is 0 Å². The van der Waals surface area contributed by atoms with Crippen molar-refractivity contribution >= 4 is 9.84 Å². The Labute approximate surface area is 116 Å². The van der Waals surface area contributed by atoms with Gasteiger partial charge in [-0.1, -0.05) is 25.1 Å². The fourth-order valence-corrected chi connectivity index (χ4v) is 3.15. The van der Waals surface area contributed by atoms with Gasteiger partial charge < -0.3 is 0 Å². The van der Waals surface area contributed by atoms with E-state index in [0.717, 1.165) is 0 Å². The second-order valence-corrected chi connectivity index (χ2v) is 6.91. The molecular weight excluding hydrogens is 281 g/mol. The van der Waals surface area contributed by atoms with Crippen LogP contribution in [0.15, 0.2) is 29.4 Å². The first kappa shape index (κ1) is 13.2. The zero-order valence-corrected chi connectivity index (χ0v) is 11.8. The maximum atomic E-state index is 13.9. The highest BCUT2D eigenvalue weighted by Gasteiger charge is 2.31. The normalized spacial score (nSPS) is 18.2. The van der Waals surface area contributed by atoms with Gasteiger partial charge in [0.05, 0.1) is 11.8 Å². The number of sulfone groups is 1. The Bertz CT molecular complexity index is 755. The Hall–Kier alpha value is -1.76. The molecule has 2 heterocycles. The monoisotopic (exact) mass is 295 g/mol. The van der Waals surface area contributed by atoms with E-state index in [2.05, 4.69) is 10.1 Å². The van der Waals surface area contributed by atoms with Crippen LogP contribution in [-0.2, 0) is 16.3 Å². The van der Waals surface area contributed by atoms with Crippen LogP contribution in [-0.4, -0.2) is 28.9 Å². The van der Waals surface area contributed by atoms with Crippen LogP contribution in [0.2, 0.25) is 0 Å². The molecule has 0 amide bonds. The number of rotatable bonds is 3. The van der Waals surface area contributed by atoms with Crippen molar-refractivity contribution in [3.8, 4) is 0 Å². The predicted molar refractivity (Wildman–Crippen MR) is 70.6 cm³/mol. The Balaban J connectivity index is 2.05. The van der Waals surface area contributed by atoms with Crippen molar-refractivity contribution in [1.29, 1.82) is 0 Å². The van der Waals surface area contributed by atoms with Gasteiger partial charge in [-0.15, -0.1) is 5.10 Å². The van der Waals surface area contributed by atoms with Crippen molar-refractivity contribution in [2.75, 3.05) is 5.75 Å². The van der Waals surface area contributed by atoms with Crippen molar-refractivity contribution in [2.24, 2.45) is 0 Å². The third-order valence-corrected chi connectivity index (χ3v) is 5.03. The van der Waals surface area contributed by atoms with Crippen LogP contribution in [0.3, 0.4) is 0 Å². The molecule has 0 saturated heterocycles. The average Bonchev–Trinajstić information content (AvgIpc) is 3.00. The SMILES string of the molecule is CCS(=O)(=O)c1nc2n(n1)C(c1ccccc1F)CC2. The molecule has 0 aliphatic carbocycles. The molecule has 2 aromatic rings. The van der Waals surface area contributed by atoms with E-state index in [9.17, 15) is 12.8 Å². The van der Waals surface area contributed by atoms with Gasteiger partial charge in [0, 0.05) is 12.0 Å². The molecule has 7 heteroatoms. The van der Waals surface area contributed by atoms with Gasteiger partial charge in [0.1, 0.15) is 11.6 Å². The molecule has 1 aromatic carbocycles. The molecular formula is C13H14FN3O2S. The minimum atomic E-state index is -3.43. The second-order valence-electron chi connectivity index (χ2n) is 4.73. The number of hydrogen-bond donors (Lipinski definition) is 0. The minimum absolute atomic E-state index is 0.0409. The van der Waals surface area contributed by atoms with Gasteiger partial charge in [0.2, 0.25) is 9.84 Å². The molecule has 1 aliphatic heterocycles. The fraction of sp³-hybridized carbons (Fsp3) is 0.385. The number of aromatic nitrogens is 3. The summed E-state index contributed by atoms with van der Waals surface area (Å²) in [7, 11) is -3.43. The van der Waals surface area contributed by atoms with Gasteiger partial charge in [-0.3, -0.25) is 0 Å². The Morgan fingerprint density at radius 3 is 2.85 bits per heavy atom. The first-order valence-electron chi connectivity index (χ1n) is 6.45. The maximum absolute atomic E-state index is 13.9. The van der Waals surface area contributed by atoms with Crippen LogP contribution < -0.4 is 0 Å². The van der Waals surface area contributed by atoms with Gasteiger partial charge in [-0.25, -0.2) is 22.5 Å². The van der Waals surface area contributed by atoms with Crippen molar-refractivity contribution in [3.05, 3.63) is 41.5 Å². The number of hydrogen-bond acceptors (Lipinski definition) is 4. The largest absolute Gasteiger partial charge is 0.267 e. The van der Waals surface area contributed by atoms with Gasteiger partial charge in [-0.2, -0.15) is 0 Å². The second kappa shape index (κ2) is 4.66. The van der Waals surface area contributed by atoms with Crippen molar-refractivity contribution in [2.45, 2.75) is 31.0 Å². The summed E-state index contributed by atoms with van der Waals surface area (Å²) < 4.78 is 39.0. The predicted octanol–water partition coefficient (Wildman–Crippen LogP) is 1.75. The third-order valence-electron chi connectivity index (χ3n) is 3.54.